The van der Waals surface area contributed by atoms with Gasteiger partial charge in [0.25, 0.3) is 5.91 Å². The van der Waals surface area contributed by atoms with Crippen LogP contribution in [0.2, 0.25) is 0 Å². The van der Waals surface area contributed by atoms with Gasteiger partial charge in [-0.25, -0.2) is 4.39 Å². The SMILES string of the molecule is O=C(Nc1cccc(CCCO)c1)c1cncc(F)c1. The van der Waals surface area contributed by atoms with Gasteiger partial charge in [0.1, 0.15) is 5.82 Å². The molecule has 0 spiro atoms. The Morgan fingerprint density at radius 2 is 2.15 bits per heavy atom. The first kappa shape index (κ1) is 14.1. The van der Waals surface area contributed by atoms with E-state index >= 15 is 0 Å². The molecule has 4 nitrogen and oxygen atoms in total. The highest BCUT2D eigenvalue weighted by molar-refractivity contribution is 6.04. The minimum atomic E-state index is -0.547. The quantitative estimate of drug-likeness (QED) is 0.880. The minimum Gasteiger partial charge on any atom is -0.396 e. The minimum absolute atomic E-state index is 0.131. The summed E-state index contributed by atoms with van der Waals surface area (Å²) in [7, 11) is 0. The van der Waals surface area contributed by atoms with Gasteiger partial charge >= 0.3 is 0 Å². The lowest BCUT2D eigenvalue weighted by Crippen LogP contribution is -2.12. The number of aliphatic hydroxyl groups excluding tert-OH is 1. The van der Waals surface area contributed by atoms with E-state index in [4.69, 9.17) is 5.11 Å². The van der Waals surface area contributed by atoms with Crippen LogP contribution in [0.25, 0.3) is 0 Å². The topological polar surface area (TPSA) is 62.2 Å². The molecule has 0 saturated heterocycles. The van der Waals surface area contributed by atoms with Crippen molar-refractivity contribution in [2.45, 2.75) is 12.8 Å². The largest absolute Gasteiger partial charge is 0.396 e. The fourth-order valence-electron chi connectivity index (χ4n) is 1.83. The number of carbonyl (C=O) groups excluding carboxylic acids is 1. The van der Waals surface area contributed by atoms with Gasteiger partial charge in [-0.3, -0.25) is 9.78 Å². The summed E-state index contributed by atoms with van der Waals surface area (Å²) in [6.07, 6.45) is 3.77. The zero-order valence-corrected chi connectivity index (χ0v) is 10.8. The molecule has 0 aliphatic heterocycles. The fourth-order valence-corrected chi connectivity index (χ4v) is 1.83. The molecular weight excluding hydrogens is 259 g/mol. The summed E-state index contributed by atoms with van der Waals surface area (Å²) in [4.78, 5) is 15.6. The van der Waals surface area contributed by atoms with E-state index in [-0.39, 0.29) is 12.2 Å². The molecule has 5 heteroatoms. The third kappa shape index (κ3) is 3.86. The van der Waals surface area contributed by atoms with Crippen LogP contribution in [0.4, 0.5) is 10.1 Å². The maximum Gasteiger partial charge on any atom is 0.257 e. The number of carbonyl (C=O) groups is 1. The first-order valence-electron chi connectivity index (χ1n) is 6.31. The van der Waals surface area contributed by atoms with Crippen molar-refractivity contribution in [3.8, 4) is 0 Å². The second-order valence-electron chi connectivity index (χ2n) is 4.37. The van der Waals surface area contributed by atoms with Gasteiger partial charge in [0, 0.05) is 18.5 Å². The predicted octanol–water partition coefficient (Wildman–Crippen LogP) is 2.40. The molecule has 0 aliphatic rings. The van der Waals surface area contributed by atoms with Crippen molar-refractivity contribution in [2.75, 3.05) is 11.9 Å². The molecule has 1 aromatic heterocycles. The number of hydrogen-bond donors (Lipinski definition) is 2. The van der Waals surface area contributed by atoms with Crippen LogP contribution in [0, 0.1) is 5.82 Å². The Kier molecular flexibility index (Phi) is 4.79. The van der Waals surface area contributed by atoms with Gasteiger partial charge in [-0.1, -0.05) is 12.1 Å². The van der Waals surface area contributed by atoms with E-state index in [0.717, 1.165) is 24.2 Å². The first-order chi connectivity index (χ1) is 9.69. The Labute approximate surface area is 116 Å². The molecule has 1 aromatic carbocycles. The van der Waals surface area contributed by atoms with Crippen molar-refractivity contribution in [3.05, 3.63) is 59.7 Å². The summed E-state index contributed by atoms with van der Waals surface area (Å²) in [6, 6.07) is 8.48. The highest BCUT2D eigenvalue weighted by atomic mass is 19.1. The average molecular weight is 274 g/mol. The van der Waals surface area contributed by atoms with Crippen molar-refractivity contribution >= 4 is 11.6 Å². The Bertz CT molecular complexity index is 602. The maximum atomic E-state index is 13.0. The van der Waals surface area contributed by atoms with Crippen LogP contribution in [0.3, 0.4) is 0 Å². The number of aromatic nitrogens is 1. The molecule has 0 fully saturated rings. The molecule has 104 valence electrons. The lowest BCUT2D eigenvalue weighted by molar-refractivity contribution is 0.102. The van der Waals surface area contributed by atoms with Crippen LogP contribution in [0.5, 0.6) is 0 Å². The van der Waals surface area contributed by atoms with E-state index in [1.807, 2.05) is 18.2 Å². The molecule has 0 saturated carbocycles. The van der Waals surface area contributed by atoms with Crippen molar-refractivity contribution in [2.24, 2.45) is 0 Å². The smallest absolute Gasteiger partial charge is 0.257 e. The summed E-state index contributed by atoms with van der Waals surface area (Å²) < 4.78 is 13.0. The zero-order chi connectivity index (χ0) is 14.4. The van der Waals surface area contributed by atoms with Gasteiger partial charge in [0.05, 0.1) is 11.8 Å². The standard InChI is InChI=1S/C15H15FN2O2/c16-13-8-12(9-17-10-13)15(20)18-14-5-1-3-11(7-14)4-2-6-19/h1,3,5,7-10,19H,2,4,6H2,(H,18,20). The van der Waals surface area contributed by atoms with E-state index in [1.54, 1.807) is 6.07 Å². The molecule has 1 amide bonds. The normalized spacial score (nSPS) is 10.3. The molecule has 0 bridgehead atoms. The molecule has 0 atom stereocenters. The summed E-state index contributed by atoms with van der Waals surface area (Å²) >= 11 is 0. The van der Waals surface area contributed by atoms with Crippen molar-refractivity contribution < 1.29 is 14.3 Å². The van der Waals surface area contributed by atoms with Gasteiger partial charge in [-0.05, 0) is 36.6 Å². The lowest BCUT2D eigenvalue weighted by atomic mass is 10.1. The number of nitrogens with one attached hydrogen (secondary N) is 1. The average Bonchev–Trinajstić information content (AvgIpc) is 2.45. The Morgan fingerprint density at radius 3 is 2.90 bits per heavy atom. The number of aliphatic hydroxyl groups is 1. The number of rotatable bonds is 5. The molecule has 2 rings (SSSR count). The summed E-state index contributed by atoms with van der Waals surface area (Å²) in [5, 5.41) is 11.5. The first-order valence-corrected chi connectivity index (χ1v) is 6.31. The van der Waals surface area contributed by atoms with Gasteiger partial charge in [0.2, 0.25) is 0 Å². The number of halogens is 1. The van der Waals surface area contributed by atoms with Gasteiger partial charge in [-0.2, -0.15) is 0 Å². The van der Waals surface area contributed by atoms with E-state index in [0.29, 0.717) is 12.1 Å². The van der Waals surface area contributed by atoms with Crippen LogP contribution in [-0.2, 0) is 6.42 Å². The third-order valence-electron chi connectivity index (χ3n) is 2.78. The molecule has 0 aliphatic carbocycles. The highest BCUT2D eigenvalue weighted by Crippen LogP contribution is 2.13. The number of hydrogen-bond acceptors (Lipinski definition) is 3. The molecule has 2 aromatic rings. The summed E-state index contributed by atoms with van der Waals surface area (Å²) in [6.45, 7) is 0.131. The molecule has 2 N–H and O–H groups in total. The van der Waals surface area contributed by atoms with E-state index in [9.17, 15) is 9.18 Å². The van der Waals surface area contributed by atoms with Crippen LogP contribution >= 0.6 is 0 Å². The van der Waals surface area contributed by atoms with Crippen molar-refractivity contribution in [3.63, 3.8) is 0 Å². The summed E-state index contributed by atoms with van der Waals surface area (Å²) in [5.41, 5.74) is 1.83. The molecular formula is C15H15FN2O2. The van der Waals surface area contributed by atoms with E-state index < -0.39 is 11.7 Å². The van der Waals surface area contributed by atoms with E-state index in [1.165, 1.54) is 6.20 Å². The van der Waals surface area contributed by atoms with Crippen molar-refractivity contribution in [1.82, 2.24) is 4.98 Å². The monoisotopic (exact) mass is 274 g/mol. The van der Waals surface area contributed by atoms with E-state index in [2.05, 4.69) is 10.3 Å². The highest BCUT2D eigenvalue weighted by Gasteiger charge is 2.07. The van der Waals surface area contributed by atoms with Crippen LogP contribution < -0.4 is 5.32 Å². The Balaban J connectivity index is 2.07. The second kappa shape index (κ2) is 6.77. The summed E-state index contributed by atoms with van der Waals surface area (Å²) in [5.74, 6) is -0.953. The van der Waals surface area contributed by atoms with Gasteiger partial charge in [-0.15, -0.1) is 0 Å². The number of pyridine rings is 1. The maximum absolute atomic E-state index is 13.0. The third-order valence-corrected chi connectivity index (χ3v) is 2.78. The number of anilines is 1. The molecule has 20 heavy (non-hydrogen) atoms. The molecule has 1 heterocycles. The second-order valence-corrected chi connectivity index (χ2v) is 4.37. The predicted molar refractivity (Wildman–Crippen MR) is 74.0 cm³/mol. The zero-order valence-electron chi connectivity index (χ0n) is 10.8. The van der Waals surface area contributed by atoms with Crippen molar-refractivity contribution in [1.29, 1.82) is 0 Å². The Hall–Kier alpha value is -2.27. The van der Waals surface area contributed by atoms with Crippen LogP contribution in [0.15, 0.2) is 42.7 Å². The fraction of sp³-hybridized carbons (Fsp3) is 0.200. The number of benzene rings is 1. The van der Waals surface area contributed by atoms with Gasteiger partial charge in [0.15, 0.2) is 0 Å². The lowest BCUT2D eigenvalue weighted by Gasteiger charge is -2.07. The molecule has 0 radical (unpaired) electrons. The molecule has 0 unspecified atom stereocenters. The number of aryl methyl sites for hydroxylation is 1. The van der Waals surface area contributed by atoms with Crippen LogP contribution in [-0.4, -0.2) is 22.6 Å². The van der Waals surface area contributed by atoms with Crippen LogP contribution in [0.1, 0.15) is 22.3 Å². The number of nitrogens with zero attached hydrogens (tertiary/aromatic N) is 1. The number of amides is 1. The van der Waals surface area contributed by atoms with Gasteiger partial charge < -0.3 is 10.4 Å². The Morgan fingerprint density at radius 1 is 1.30 bits per heavy atom.